The van der Waals surface area contributed by atoms with Gasteiger partial charge in [0.15, 0.2) is 11.6 Å². The molecule has 0 radical (unpaired) electrons. The van der Waals surface area contributed by atoms with E-state index in [4.69, 9.17) is 14.2 Å². The van der Waals surface area contributed by atoms with Gasteiger partial charge < -0.3 is 24.4 Å². The number of rotatable bonds is 9. The molecule has 1 heterocycles. The van der Waals surface area contributed by atoms with Crippen LogP contribution in [-0.4, -0.2) is 57.7 Å². The van der Waals surface area contributed by atoms with E-state index in [1.54, 1.807) is 19.2 Å². The Labute approximate surface area is 175 Å². The van der Waals surface area contributed by atoms with Crippen LogP contribution in [0.5, 0.6) is 17.2 Å². The second-order valence-electron chi connectivity index (χ2n) is 6.89. The van der Waals surface area contributed by atoms with E-state index in [0.717, 1.165) is 11.3 Å². The molecule has 0 amide bonds. The fraction of sp³-hybridized carbons (Fsp3) is 0.318. The highest BCUT2D eigenvalue weighted by Crippen LogP contribution is 2.31. The van der Waals surface area contributed by atoms with Gasteiger partial charge in [0.1, 0.15) is 36.3 Å². The number of hydrogen-bond donors (Lipinski definition) is 2. The SMILES string of the molecule is COc1ccc(-c2ncnc(-c3ccc(OCC(O)COC(C)C)cc3O)n2)cc1. The molecule has 8 heteroatoms. The third kappa shape index (κ3) is 5.65. The highest BCUT2D eigenvalue weighted by molar-refractivity contribution is 5.67. The minimum absolute atomic E-state index is 0.0335. The van der Waals surface area contributed by atoms with Crippen molar-refractivity contribution in [2.45, 2.75) is 26.1 Å². The Morgan fingerprint density at radius 1 is 0.933 bits per heavy atom. The minimum Gasteiger partial charge on any atom is -0.507 e. The molecule has 0 aliphatic rings. The number of phenolic OH excluding ortho intramolecular Hbond substituents is 1. The first-order valence-corrected chi connectivity index (χ1v) is 9.55. The van der Waals surface area contributed by atoms with Crippen LogP contribution in [0.1, 0.15) is 13.8 Å². The van der Waals surface area contributed by atoms with Crippen LogP contribution in [0.25, 0.3) is 22.8 Å². The molecule has 0 fully saturated rings. The quantitative estimate of drug-likeness (QED) is 0.553. The van der Waals surface area contributed by atoms with Crippen molar-refractivity contribution in [3.8, 4) is 40.0 Å². The Morgan fingerprint density at radius 3 is 2.30 bits per heavy atom. The Hall–Kier alpha value is -3.23. The standard InChI is InChI=1S/C22H25N3O5/c1-14(2)29-11-16(26)12-30-18-8-9-19(20(27)10-18)22-24-13-23-21(25-22)15-4-6-17(28-3)7-5-15/h4-10,13-14,16,26-27H,11-12H2,1-3H3. The highest BCUT2D eigenvalue weighted by atomic mass is 16.5. The first-order valence-electron chi connectivity index (χ1n) is 9.55. The van der Waals surface area contributed by atoms with Gasteiger partial charge in [-0.2, -0.15) is 0 Å². The molecule has 0 aliphatic heterocycles. The molecule has 0 spiro atoms. The lowest BCUT2D eigenvalue weighted by atomic mass is 10.1. The predicted molar refractivity (Wildman–Crippen MR) is 112 cm³/mol. The number of aliphatic hydroxyl groups excluding tert-OH is 1. The summed E-state index contributed by atoms with van der Waals surface area (Å²) in [7, 11) is 1.60. The number of aliphatic hydroxyl groups is 1. The maximum absolute atomic E-state index is 10.4. The molecule has 3 rings (SSSR count). The number of nitrogens with zero attached hydrogens (tertiary/aromatic N) is 3. The Bertz CT molecular complexity index is 963. The van der Waals surface area contributed by atoms with Gasteiger partial charge in [-0.15, -0.1) is 0 Å². The third-order valence-corrected chi connectivity index (χ3v) is 4.19. The zero-order valence-electron chi connectivity index (χ0n) is 17.1. The van der Waals surface area contributed by atoms with Gasteiger partial charge in [-0.3, -0.25) is 0 Å². The van der Waals surface area contributed by atoms with Gasteiger partial charge >= 0.3 is 0 Å². The molecular formula is C22H25N3O5. The van der Waals surface area contributed by atoms with Crippen molar-refractivity contribution < 1.29 is 24.4 Å². The van der Waals surface area contributed by atoms with Crippen LogP contribution in [0.15, 0.2) is 48.8 Å². The zero-order valence-corrected chi connectivity index (χ0v) is 17.1. The molecule has 1 aromatic heterocycles. The number of phenols is 1. The summed E-state index contributed by atoms with van der Waals surface area (Å²) >= 11 is 0. The van der Waals surface area contributed by atoms with Gasteiger partial charge in [-0.05, 0) is 50.2 Å². The highest BCUT2D eigenvalue weighted by Gasteiger charge is 2.13. The fourth-order valence-electron chi connectivity index (χ4n) is 2.64. The second-order valence-corrected chi connectivity index (χ2v) is 6.89. The summed E-state index contributed by atoms with van der Waals surface area (Å²) in [5.41, 5.74) is 1.25. The maximum Gasteiger partial charge on any atom is 0.167 e. The van der Waals surface area contributed by atoms with Crippen molar-refractivity contribution in [3.63, 3.8) is 0 Å². The zero-order chi connectivity index (χ0) is 21.5. The molecule has 2 N–H and O–H groups in total. The van der Waals surface area contributed by atoms with E-state index in [1.165, 1.54) is 12.4 Å². The number of ether oxygens (including phenoxy) is 3. The molecule has 0 bridgehead atoms. The van der Waals surface area contributed by atoms with Gasteiger partial charge in [-0.1, -0.05) is 0 Å². The molecule has 8 nitrogen and oxygen atoms in total. The van der Waals surface area contributed by atoms with Gasteiger partial charge in [0.05, 0.1) is 25.4 Å². The van der Waals surface area contributed by atoms with Gasteiger partial charge in [0, 0.05) is 11.6 Å². The lowest BCUT2D eigenvalue weighted by molar-refractivity contribution is -0.0123. The second kappa shape index (κ2) is 10.00. The predicted octanol–water partition coefficient (Wildman–Crippen LogP) is 3.08. The van der Waals surface area contributed by atoms with Crippen LogP contribution in [-0.2, 0) is 4.74 Å². The van der Waals surface area contributed by atoms with Crippen LogP contribution < -0.4 is 9.47 Å². The number of aromatic nitrogens is 3. The van der Waals surface area contributed by atoms with Crippen molar-refractivity contribution in [2.24, 2.45) is 0 Å². The topological polar surface area (TPSA) is 107 Å². The number of hydrogen-bond acceptors (Lipinski definition) is 8. The van der Waals surface area contributed by atoms with E-state index in [0.29, 0.717) is 23.0 Å². The minimum atomic E-state index is -0.759. The van der Waals surface area contributed by atoms with Crippen molar-refractivity contribution in [1.29, 1.82) is 0 Å². The summed E-state index contributed by atoms with van der Waals surface area (Å²) in [5, 5.41) is 20.3. The molecular weight excluding hydrogens is 386 g/mol. The molecule has 3 aromatic rings. The summed E-state index contributed by atoms with van der Waals surface area (Å²) < 4.78 is 16.0. The normalized spacial score (nSPS) is 12.0. The lowest BCUT2D eigenvalue weighted by Crippen LogP contribution is -2.25. The Balaban J connectivity index is 1.72. The van der Waals surface area contributed by atoms with Gasteiger partial charge in [0.2, 0.25) is 0 Å². The van der Waals surface area contributed by atoms with Crippen LogP contribution in [0.2, 0.25) is 0 Å². The van der Waals surface area contributed by atoms with Crippen molar-refractivity contribution in [1.82, 2.24) is 15.0 Å². The fourth-order valence-corrected chi connectivity index (χ4v) is 2.64. The Kier molecular flexibility index (Phi) is 7.16. The van der Waals surface area contributed by atoms with Crippen molar-refractivity contribution in [3.05, 3.63) is 48.8 Å². The van der Waals surface area contributed by atoms with E-state index in [1.807, 2.05) is 38.1 Å². The molecule has 158 valence electrons. The average Bonchev–Trinajstić information content (AvgIpc) is 2.76. The van der Waals surface area contributed by atoms with Gasteiger partial charge in [-0.25, -0.2) is 15.0 Å². The van der Waals surface area contributed by atoms with E-state index in [-0.39, 0.29) is 25.1 Å². The lowest BCUT2D eigenvalue weighted by Gasteiger charge is -2.15. The number of methoxy groups -OCH3 is 1. The summed E-state index contributed by atoms with van der Waals surface area (Å²) in [6, 6.07) is 12.1. The van der Waals surface area contributed by atoms with E-state index in [2.05, 4.69) is 15.0 Å². The van der Waals surface area contributed by atoms with E-state index < -0.39 is 6.10 Å². The van der Waals surface area contributed by atoms with E-state index >= 15 is 0 Å². The molecule has 1 unspecified atom stereocenters. The van der Waals surface area contributed by atoms with E-state index in [9.17, 15) is 10.2 Å². The van der Waals surface area contributed by atoms with Crippen LogP contribution in [0.4, 0.5) is 0 Å². The molecule has 0 saturated carbocycles. The maximum atomic E-state index is 10.4. The number of aromatic hydroxyl groups is 1. The summed E-state index contributed by atoms with van der Waals surface area (Å²) in [4.78, 5) is 12.8. The first kappa shape index (κ1) is 21.5. The monoisotopic (exact) mass is 411 g/mol. The molecule has 2 aromatic carbocycles. The number of benzene rings is 2. The van der Waals surface area contributed by atoms with Crippen LogP contribution in [0.3, 0.4) is 0 Å². The van der Waals surface area contributed by atoms with Gasteiger partial charge in [0.25, 0.3) is 0 Å². The first-order chi connectivity index (χ1) is 14.5. The van der Waals surface area contributed by atoms with Crippen LogP contribution in [0, 0.1) is 0 Å². The Morgan fingerprint density at radius 2 is 1.63 bits per heavy atom. The summed E-state index contributed by atoms with van der Waals surface area (Å²) in [6.45, 7) is 4.02. The summed E-state index contributed by atoms with van der Waals surface area (Å²) in [6.07, 6.45) is 0.674. The molecule has 30 heavy (non-hydrogen) atoms. The smallest absolute Gasteiger partial charge is 0.167 e. The van der Waals surface area contributed by atoms with Crippen molar-refractivity contribution in [2.75, 3.05) is 20.3 Å². The third-order valence-electron chi connectivity index (χ3n) is 4.19. The average molecular weight is 411 g/mol. The molecule has 0 saturated heterocycles. The summed E-state index contributed by atoms with van der Waals surface area (Å²) in [5.74, 6) is 1.94. The van der Waals surface area contributed by atoms with Crippen molar-refractivity contribution >= 4 is 0 Å². The molecule has 1 atom stereocenters. The molecule has 0 aliphatic carbocycles. The van der Waals surface area contributed by atoms with Crippen LogP contribution >= 0.6 is 0 Å². The largest absolute Gasteiger partial charge is 0.507 e.